The van der Waals surface area contributed by atoms with Gasteiger partial charge in [0, 0.05) is 10.8 Å². The van der Waals surface area contributed by atoms with Gasteiger partial charge in [-0.25, -0.2) is 0 Å². The highest BCUT2D eigenvalue weighted by atomic mass is 16.3. The molecule has 1 heterocycles. The maximum absolute atomic E-state index is 6.55. The number of rotatable bonds is 2. The highest BCUT2D eigenvalue weighted by molar-refractivity contribution is 6.30. The molecule has 11 rings (SSSR count). The van der Waals surface area contributed by atoms with Crippen LogP contribution >= 0.6 is 0 Å². The Morgan fingerprint density at radius 2 is 0.851 bits per heavy atom. The van der Waals surface area contributed by atoms with Crippen molar-refractivity contribution >= 4 is 86.6 Å². The van der Waals surface area contributed by atoms with E-state index in [9.17, 15) is 0 Å². The maximum Gasteiger partial charge on any atom is 0.136 e. The van der Waals surface area contributed by atoms with E-state index in [4.69, 9.17) is 4.42 Å². The third-order valence-electron chi connectivity index (χ3n) is 10.3. The molecule has 0 bridgehead atoms. The summed E-state index contributed by atoms with van der Waals surface area (Å²) in [6.07, 6.45) is 0. The SMILES string of the molecule is c1ccc2cc3c(cc2c1)oc1cc(-c2c4ccccc4c(-c4cc5cccc6ccc7cccc4c7c65)c4ccccc24)ccc13. The van der Waals surface area contributed by atoms with Crippen molar-refractivity contribution in [3.8, 4) is 22.3 Å². The molecule has 0 unspecified atom stereocenters. The van der Waals surface area contributed by atoms with E-state index in [2.05, 4.69) is 158 Å². The predicted octanol–water partition coefficient (Wildman–Crippen LogP) is 13.3. The monoisotopic (exact) mass is 594 g/mol. The standard InChI is InChI=1S/C46H26O/c1-2-10-30-25-42-39(23-29(30)9-1)33-22-21-32(26-41(33)47-42)44-34-14-3-5-16-36(34)46(37-17-6-4-15-35(37)44)40-24-31-13-7-11-27-19-20-28-12-8-18-38(40)45(28)43(27)31/h1-26H. The van der Waals surface area contributed by atoms with Crippen LogP contribution in [0.15, 0.2) is 162 Å². The first-order valence-corrected chi connectivity index (χ1v) is 16.3. The van der Waals surface area contributed by atoms with Crippen LogP contribution in [0.3, 0.4) is 0 Å². The molecule has 11 aromatic rings. The Bertz CT molecular complexity index is 3010. The minimum absolute atomic E-state index is 0.913. The van der Waals surface area contributed by atoms with Gasteiger partial charge in [0.05, 0.1) is 0 Å². The highest BCUT2D eigenvalue weighted by Gasteiger charge is 2.21. The van der Waals surface area contributed by atoms with Gasteiger partial charge in [-0.2, -0.15) is 0 Å². The highest BCUT2D eigenvalue weighted by Crippen LogP contribution is 2.48. The largest absolute Gasteiger partial charge is 0.456 e. The second-order valence-electron chi connectivity index (χ2n) is 12.8. The topological polar surface area (TPSA) is 13.1 Å². The molecule has 0 spiro atoms. The Balaban J connectivity index is 1.24. The molecule has 10 aromatic carbocycles. The van der Waals surface area contributed by atoms with E-state index in [-0.39, 0.29) is 0 Å². The molecular formula is C46H26O. The fourth-order valence-electron chi connectivity index (χ4n) is 8.32. The molecule has 0 N–H and O–H groups in total. The summed E-state index contributed by atoms with van der Waals surface area (Å²) >= 11 is 0. The minimum atomic E-state index is 0.913. The second-order valence-corrected chi connectivity index (χ2v) is 12.8. The molecule has 1 heteroatoms. The molecule has 1 nitrogen and oxygen atoms in total. The third-order valence-corrected chi connectivity index (χ3v) is 10.3. The number of hydrogen-bond donors (Lipinski definition) is 0. The lowest BCUT2D eigenvalue weighted by molar-refractivity contribution is 0.669. The molecule has 0 radical (unpaired) electrons. The fourth-order valence-corrected chi connectivity index (χ4v) is 8.32. The summed E-state index contributed by atoms with van der Waals surface area (Å²) < 4.78 is 6.55. The van der Waals surface area contributed by atoms with Crippen molar-refractivity contribution in [1.82, 2.24) is 0 Å². The summed E-state index contributed by atoms with van der Waals surface area (Å²) in [4.78, 5) is 0. The minimum Gasteiger partial charge on any atom is -0.456 e. The lowest BCUT2D eigenvalue weighted by atomic mass is 9.83. The van der Waals surface area contributed by atoms with Crippen molar-refractivity contribution in [1.29, 1.82) is 0 Å². The average Bonchev–Trinajstić information content (AvgIpc) is 3.48. The molecule has 0 saturated carbocycles. The molecule has 0 saturated heterocycles. The van der Waals surface area contributed by atoms with E-state index in [1.807, 2.05) is 0 Å². The zero-order chi connectivity index (χ0) is 30.6. The van der Waals surface area contributed by atoms with Crippen LogP contribution in [0.1, 0.15) is 0 Å². The van der Waals surface area contributed by atoms with Gasteiger partial charge in [-0.1, -0.05) is 127 Å². The van der Waals surface area contributed by atoms with E-state index in [0.717, 1.165) is 27.5 Å². The molecule has 0 atom stereocenters. The fraction of sp³-hybridized carbons (Fsp3) is 0. The Morgan fingerprint density at radius 3 is 1.60 bits per heavy atom. The molecule has 0 aliphatic carbocycles. The van der Waals surface area contributed by atoms with Crippen LogP contribution in [-0.2, 0) is 0 Å². The molecule has 0 aliphatic rings. The van der Waals surface area contributed by atoms with E-state index in [1.165, 1.54) is 81.3 Å². The average molecular weight is 595 g/mol. The molecule has 47 heavy (non-hydrogen) atoms. The van der Waals surface area contributed by atoms with E-state index in [0.29, 0.717) is 0 Å². The van der Waals surface area contributed by atoms with Crippen LogP contribution in [0.5, 0.6) is 0 Å². The van der Waals surface area contributed by atoms with E-state index < -0.39 is 0 Å². The summed E-state index contributed by atoms with van der Waals surface area (Å²) in [6.45, 7) is 0. The first-order chi connectivity index (χ1) is 23.3. The Kier molecular flexibility index (Phi) is 4.90. The Labute approximate surface area is 270 Å². The molecule has 0 aliphatic heterocycles. The van der Waals surface area contributed by atoms with Gasteiger partial charge in [0.15, 0.2) is 0 Å². The van der Waals surface area contributed by atoms with Gasteiger partial charge in [0.25, 0.3) is 0 Å². The van der Waals surface area contributed by atoms with Gasteiger partial charge < -0.3 is 4.42 Å². The summed E-state index contributed by atoms with van der Waals surface area (Å²) in [7, 11) is 0. The number of benzene rings is 10. The van der Waals surface area contributed by atoms with Crippen molar-refractivity contribution in [2.45, 2.75) is 0 Å². The molecular weight excluding hydrogens is 569 g/mol. The van der Waals surface area contributed by atoms with Crippen LogP contribution < -0.4 is 0 Å². The quantitative estimate of drug-likeness (QED) is 0.143. The van der Waals surface area contributed by atoms with Crippen molar-refractivity contribution in [2.75, 3.05) is 0 Å². The molecule has 1 aromatic heterocycles. The smallest absolute Gasteiger partial charge is 0.136 e. The molecule has 0 fully saturated rings. The van der Waals surface area contributed by atoms with E-state index >= 15 is 0 Å². The van der Waals surface area contributed by atoms with Crippen molar-refractivity contribution in [2.24, 2.45) is 0 Å². The third kappa shape index (κ3) is 3.43. The summed E-state index contributed by atoms with van der Waals surface area (Å²) in [5.74, 6) is 0. The van der Waals surface area contributed by atoms with Gasteiger partial charge in [0.1, 0.15) is 11.2 Å². The van der Waals surface area contributed by atoms with Crippen LogP contribution in [0.25, 0.3) is 109 Å². The second kappa shape index (κ2) is 9.19. The van der Waals surface area contributed by atoms with Gasteiger partial charge in [0.2, 0.25) is 0 Å². The summed E-state index contributed by atoms with van der Waals surface area (Å²) in [6, 6.07) is 57.9. The van der Waals surface area contributed by atoms with Crippen molar-refractivity contribution in [3.05, 3.63) is 158 Å². The first-order valence-electron chi connectivity index (χ1n) is 16.3. The number of hydrogen-bond acceptors (Lipinski definition) is 1. The van der Waals surface area contributed by atoms with Crippen molar-refractivity contribution in [3.63, 3.8) is 0 Å². The van der Waals surface area contributed by atoms with Crippen molar-refractivity contribution < 1.29 is 4.42 Å². The van der Waals surface area contributed by atoms with Gasteiger partial charge in [-0.3, -0.25) is 0 Å². The normalized spacial score (nSPS) is 12.3. The number of furan rings is 1. The molecule has 0 amide bonds. The maximum atomic E-state index is 6.55. The van der Waals surface area contributed by atoms with Crippen LogP contribution in [0.2, 0.25) is 0 Å². The lowest BCUT2D eigenvalue weighted by Crippen LogP contribution is -1.93. The first kappa shape index (κ1) is 25.1. The summed E-state index contributed by atoms with van der Waals surface area (Å²) in [5.41, 5.74) is 6.81. The van der Waals surface area contributed by atoms with E-state index in [1.54, 1.807) is 0 Å². The van der Waals surface area contributed by atoms with Crippen LogP contribution in [-0.4, -0.2) is 0 Å². The summed E-state index contributed by atoms with van der Waals surface area (Å²) in [5, 5.41) is 17.6. The van der Waals surface area contributed by atoms with Gasteiger partial charge in [-0.15, -0.1) is 0 Å². The Hall–Kier alpha value is -6.18. The van der Waals surface area contributed by atoms with Crippen LogP contribution in [0.4, 0.5) is 0 Å². The molecule has 216 valence electrons. The van der Waals surface area contributed by atoms with Gasteiger partial charge in [-0.05, 0) is 117 Å². The van der Waals surface area contributed by atoms with Crippen LogP contribution in [0, 0.1) is 0 Å². The Morgan fingerprint density at radius 1 is 0.298 bits per heavy atom. The van der Waals surface area contributed by atoms with Gasteiger partial charge >= 0.3 is 0 Å². The zero-order valence-corrected chi connectivity index (χ0v) is 25.4. The number of fused-ring (bicyclic) bond motifs is 6. The predicted molar refractivity (Wildman–Crippen MR) is 201 cm³/mol. The lowest BCUT2D eigenvalue weighted by Gasteiger charge is -2.20. The zero-order valence-electron chi connectivity index (χ0n) is 25.4.